The lowest BCUT2D eigenvalue weighted by Gasteiger charge is -2.21. The Balaban J connectivity index is 1.76. The Bertz CT molecular complexity index is 1200. The second-order valence-corrected chi connectivity index (χ2v) is 7.09. The Morgan fingerprint density at radius 1 is 0.900 bits per heavy atom. The van der Waals surface area contributed by atoms with Gasteiger partial charge >= 0.3 is 0 Å². The maximum Gasteiger partial charge on any atom is 0.223 e. The van der Waals surface area contributed by atoms with Gasteiger partial charge in [-0.15, -0.1) is 0 Å². The highest BCUT2D eigenvalue weighted by atomic mass is 16.5. The minimum Gasteiger partial charge on any atom is -0.483 e. The number of hydrogen-bond donors (Lipinski definition) is 2. The largest absolute Gasteiger partial charge is 0.483 e. The van der Waals surface area contributed by atoms with Crippen LogP contribution in [0.4, 0.5) is 0 Å². The van der Waals surface area contributed by atoms with Crippen LogP contribution < -0.4 is 10.2 Å². The molecule has 1 atom stereocenters. The fourth-order valence-corrected chi connectivity index (χ4v) is 3.56. The molecule has 1 heterocycles. The first-order valence-corrected chi connectivity index (χ1v) is 9.85. The van der Waals surface area contributed by atoms with Crippen molar-refractivity contribution in [3.05, 3.63) is 112 Å². The molecule has 152 valence electrons. The normalized spacial score (nSPS) is 12.1. The summed E-state index contributed by atoms with van der Waals surface area (Å²) < 4.78 is 7.56. The van der Waals surface area contributed by atoms with Gasteiger partial charge < -0.3 is 19.5 Å². The van der Waals surface area contributed by atoms with Gasteiger partial charge in [-0.05, 0) is 28.0 Å². The third-order valence-electron chi connectivity index (χ3n) is 5.09. The molecule has 4 aromatic rings. The summed E-state index contributed by atoms with van der Waals surface area (Å²) in [5, 5.41) is 22.8. The Hall–Kier alpha value is -3.41. The van der Waals surface area contributed by atoms with Crippen LogP contribution in [0.1, 0.15) is 22.9 Å². The van der Waals surface area contributed by atoms with E-state index in [0.29, 0.717) is 11.3 Å². The molecule has 0 amide bonds. The second-order valence-electron chi connectivity index (χ2n) is 7.09. The summed E-state index contributed by atoms with van der Waals surface area (Å²) in [6, 6.07) is 24.5. The van der Waals surface area contributed by atoms with Gasteiger partial charge in [0.1, 0.15) is 12.7 Å². The number of aromatic nitrogens is 1. The van der Waals surface area contributed by atoms with Crippen molar-refractivity contribution in [3.8, 4) is 5.75 Å². The highest BCUT2D eigenvalue weighted by Crippen LogP contribution is 2.30. The molecule has 0 aliphatic carbocycles. The van der Waals surface area contributed by atoms with Gasteiger partial charge in [0, 0.05) is 18.8 Å². The number of nitrogens with zero attached hydrogens (tertiary/aromatic N) is 1. The zero-order chi connectivity index (χ0) is 20.9. The fourth-order valence-electron chi connectivity index (χ4n) is 3.56. The van der Waals surface area contributed by atoms with Gasteiger partial charge in [-0.1, -0.05) is 66.7 Å². The lowest BCUT2D eigenvalue weighted by molar-refractivity contribution is 0.190. The summed E-state index contributed by atoms with van der Waals surface area (Å²) in [6.07, 6.45) is 0.494. The predicted molar refractivity (Wildman–Crippen MR) is 117 cm³/mol. The van der Waals surface area contributed by atoms with E-state index in [1.54, 1.807) is 10.8 Å². The minimum absolute atomic E-state index is 0.0930. The van der Waals surface area contributed by atoms with Crippen molar-refractivity contribution < 1.29 is 14.9 Å². The fraction of sp³-hybridized carbons (Fsp3) is 0.160. The van der Waals surface area contributed by atoms with E-state index in [-0.39, 0.29) is 30.9 Å². The summed E-state index contributed by atoms with van der Waals surface area (Å²) >= 11 is 0. The van der Waals surface area contributed by atoms with Crippen LogP contribution in [-0.4, -0.2) is 21.4 Å². The monoisotopic (exact) mass is 401 g/mol. The average molecular weight is 401 g/mol. The summed E-state index contributed by atoms with van der Waals surface area (Å²) in [4.78, 5) is 12.7. The van der Waals surface area contributed by atoms with Crippen LogP contribution in [0.2, 0.25) is 0 Å². The minimum atomic E-state index is -1.08. The molecular formula is C25H23NO4. The van der Waals surface area contributed by atoms with E-state index in [1.807, 2.05) is 72.8 Å². The lowest BCUT2D eigenvalue weighted by atomic mass is 10.0. The third kappa shape index (κ3) is 4.13. The molecule has 0 fully saturated rings. The second kappa shape index (κ2) is 8.95. The van der Waals surface area contributed by atoms with Crippen LogP contribution in [-0.2, 0) is 13.2 Å². The molecular weight excluding hydrogens is 378 g/mol. The van der Waals surface area contributed by atoms with E-state index in [9.17, 15) is 15.0 Å². The Kier molecular flexibility index (Phi) is 5.93. The SMILES string of the molecule is O=c1ccn(CCO)c(C(O)c2ccc3ccccc3c2)c1OCc1ccccc1. The molecule has 4 rings (SSSR count). The molecule has 0 bridgehead atoms. The number of aliphatic hydroxyl groups excluding tert-OH is 2. The van der Waals surface area contributed by atoms with E-state index < -0.39 is 6.10 Å². The van der Waals surface area contributed by atoms with Gasteiger partial charge in [0.05, 0.1) is 12.3 Å². The van der Waals surface area contributed by atoms with Crippen molar-refractivity contribution in [3.63, 3.8) is 0 Å². The van der Waals surface area contributed by atoms with Crippen LogP contribution in [0.5, 0.6) is 5.75 Å². The van der Waals surface area contributed by atoms with E-state index in [2.05, 4.69) is 0 Å². The van der Waals surface area contributed by atoms with Crippen molar-refractivity contribution in [2.24, 2.45) is 0 Å². The zero-order valence-electron chi connectivity index (χ0n) is 16.4. The Morgan fingerprint density at radius 2 is 1.63 bits per heavy atom. The predicted octanol–water partition coefficient (Wildman–Crippen LogP) is 3.65. The van der Waals surface area contributed by atoms with Crippen molar-refractivity contribution >= 4 is 10.8 Å². The summed E-state index contributed by atoms with van der Waals surface area (Å²) in [7, 11) is 0. The van der Waals surface area contributed by atoms with Gasteiger partial charge in [-0.2, -0.15) is 0 Å². The van der Waals surface area contributed by atoms with Crippen LogP contribution in [0.3, 0.4) is 0 Å². The molecule has 1 unspecified atom stereocenters. The molecule has 30 heavy (non-hydrogen) atoms. The molecule has 5 heteroatoms. The summed E-state index contributed by atoms with van der Waals surface area (Å²) in [6.45, 7) is 0.317. The number of rotatable bonds is 7. The summed E-state index contributed by atoms with van der Waals surface area (Å²) in [5.41, 5.74) is 1.59. The maximum atomic E-state index is 12.7. The highest BCUT2D eigenvalue weighted by Gasteiger charge is 2.22. The average Bonchev–Trinajstić information content (AvgIpc) is 2.79. The molecule has 1 aromatic heterocycles. The zero-order valence-corrected chi connectivity index (χ0v) is 16.4. The van der Waals surface area contributed by atoms with Gasteiger partial charge in [-0.25, -0.2) is 0 Å². The van der Waals surface area contributed by atoms with E-state index in [0.717, 1.165) is 16.3 Å². The topological polar surface area (TPSA) is 71.7 Å². The van der Waals surface area contributed by atoms with Crippen LogP contribution >= 0.6 is 0 Å². The van der Waals surface area contributed by atoms with Crippen molar-refractivity contribution in [2.75, 3.05) is 6.61 Å². The first-order valence-electron chi connectivity index (χ1n) is 9.85. The number of hydrogen-bond acceptors (Lipinski definition) is 4. The molecule has 2 N–H and O–H groups in total. The van der Waals surface area contributed by atoms with Crippen molar-refractivity contribution in [1.29, 1.82) is 0 Å². The van der Waals surface area contributed by atoms with E-state index in [1.165, 1.54) is 6.07 Å². The first-order chi connectivity index (χ1) is 14.7. The van der Waals surface area contributed by atoms with Crippen LogP contribution in [0.15, 0.2) is 89.9 Å². The van der Waals surface area contributed by atoms with Crippen molar-refractivity contribution in [2.45, 2.75) is 19.3 Å². The first kappa shape index (κ1) is 19.9. The number of aliphatic hydroxyl groups is 2. The van der Waals surface area contributed by atoms with Gasteiger partial charge in [-0.3, -0.25) is 4.79 Å². The third-order valence-corrected chi connectivity index (χ3v) is 5.09. The van der Waals surface area contributed by atoms with Gasteiger partial charge in [0.15, 0.2) is 5.75 Å². The lowest BCUT2D eigenvalue weighted by Crippen LogP contribution is -2.21. The standard InChI is InChI=1S/C25H23NO4/c27-15-14-26-13-12-22(28)25(30-17-18-6-2-1-3-7-18)23(26)24(29)21-11-10-19-8-4-5-9-20(19)16-21/h1-13,16,24,27,29H,14-15,17H2. The molecule has 0 aliphatic rings. The Morgan fingerprint density at radius 3 is 2.40 bits per heavy atom. The van der Waals surface area contributed by atoms with Crippen LogP contribution in [0.25, 0.3) is 10.8 Å². The quantitative estimate of drug-likeness (QED) is 0.496. The van der Waals surface area contributed by atoms with Gasteiger partial charge in [0.25, 0.3) is 0 Å². The number of benzene rings is 3. The molecule has 5 nitrogen and oxygen atoms in total. The van der Waals surface area contributed by atoms with Crippen LogP contribution in [0, 0.1) is 0 Å². The smallest absolute Gasteiger partial charge is 0.223 e. The number of pyridine rings is 1. The van der Waals surface area contributed by atoms with Gasteiger partial charge in [0.2, 0.25) is 5.43 Å². The molecule has 0 saturated carbocycles. The molecule has 0 saturated heterocycles. The van der Waals surface area contributed by atoms with E-state index in [4.69, 9.17) is 4.74 Å². The van der Waals surface area contributed by atoms with Crippen molar-refractivity contribution in [1.82, 2.24) is 4.57 Å². The van der Waals surface area contributed by atoms with E-state index >= 15 is 0 Å². The molecule has 0 radical (unpaired) electrons. The number of fused-ring (bicyclic) bond motifs is 1. The molecule has 3 aromatic carbocycles. The summed E-state index contributed by atoms with van der Waals surface area (Å²) in [5.74, 6) is 0.0930. The molecule has 0 spiro atoms. The number of ether oxygens (including phenoxy) is 1. The highest BCUT2D eigenvalue weighted by molar-refractivity contribution is 5.83. The Labute approximate surface area is 174 Å². The molecule has 0 aliphatic heterocycles. The maximum absolute atomic E-state index is 12.7.